The standard InChI is InChI=1S/C28H20N4S/c1-19-31-25-16-15-22(17-26(25)33-19)28-29-18-30-32(28)27-23(20-9-4-2-5-10-20)13-8-14-24(27)21-11-6-3-7-12-21/h2-18H,1H3. The van der Waals surface area contributed by atoms with Gasteiger partial charge in [-0.1, -0.05) is 78.9 Å². The molecule has 0 aliphatic heterocycles. The molecule has 0 amide bonds. The Bertz CT molecular complexity index is 1510. The van der Waals surface area contributed by atoms with Crippen LogP contribution in [0.2, 0.25) is 0 Å². The van der Waals surface area contributed by atoms with E-state index in [1.807, 2.05) is 23.7 Å². The summed E-state index contributed by atoms with van der Waals surface area (Å²) in [5, 5.41) is 5.77. The van der Waals surface area contributed by atoms with E-state index in [0.717, 1.165) is 54.6 Å². The smallest absolute Gasteiger partial charge is 0.163 e. The maximum absolute atomic E-state index is 4.71. The van der Waals surface area contributed by atoms with Crippen molar-refractivity contribution in [3.63, 3.8) is 0 Å². The lowest BCUT2D eigenvalue weighted by Gasteiger charge is -2.17. The van der Waals surface area contributed by atoms with Crippen LogP contribution in [0.5, 0.6) is 0 Å². The first-order valence-corrected chi connectivity index (χ1v) is 11.6. The largest absolute Gasteiger partial charge is 0.242 e. The number of aromatic nitrogens is 4. The lowest BCUT2D eigenvalue weighted by Crippen LogP contribution is -2.04. The molecule has 0 atom stereocenters. The summed E-state index contributed by atoms with van der Waals surface area (Å²) in [5.41, 5.74) is 7.55. The van der Waals surface area contributed by atoms with Gasteiger partial charge in [0, 0.05) is 16.7 Å². The number of rotatable bonds is 4. The Balaban J connectivity index is 1.62. The molecular formula is C28H20N4S. The van der Waals surface area contributed by atoms with Gasteiger partial charge in [-0.25, -0.2) is 14.6 Å². The van der Waals surface area contributed by atoms with Crippen molar-refractivity contribution in [2.75, 3.05) is 0 Å². The molecule has 2 aromatic heterocycles. The fraction of sp³-hybridized carbons (Fsp3) is 0.0357. The van der Waals surface area contributed by atoms with Crippen LogP contribution in [0, 0.1) is 6.92 Å². The summed E-state index contributed by atoms with van der Waals surface area (Å²) >= 11 is 1.70. The highest BCUT2D eigenvalue weighted by molar-refractivity contribution is 7.18. The summed E-state index contributed by atoms with van der Waals surface area (Å²) in [6, 6.07) is 33.6. The average Bonchev–Trinajstić information content (AvgIpc) is 3.50. The molecule has 0 unspecified atom stereocenters. The number of para-hydroxylation sites is 1. The van der Waals surface area contributed by atoms with E-state index in [2.05, 4.69) is 94.9 Å². The molecule has 0 fully saturated rings. The zero-order valence-electron chi connectivity index (χ0n) is 18.0. The van der Waals surface area contributed by atoms with Crippen LogP contribution in [0.4, 0.5) is 0 Å². The number of aryl methyl sites for hydroxylation is 1. The van der Waals surface area contributed by atoms with Crippen LogP contribution in [0.15, 0.2) is 103 Å². The molecule has 0 spiro atoms. The molecule has 0 saturated heterocycles. The van der Waals surface area contributed by atoms with Crippen LogP contribution in [-0.4, -0.2) is 19.7 Å². The van der Waals surface area contributed by atoms with Crippen LogP contribution < -0.4 is 0 Å². The van der Waals surface area contributed by atoms with Crippen LogP contribution in [0.1, 0.15) is 5.01 Å². The van der Waals surface area contributed by atoms with Crippen molar-refractivity contribution < 1.29 is 0 Å². The van der Waals surface area contributed by atoms with Crippen LogP contribution in [-0.2, 0) is 0 Å². The van der Waals surface area contributed by atoms with Crippen molar-refractivity contribution >= 4 is 21.6 Å². The van der Waals surface area contributed by atoms with E-state index in [4.69, 9.17) is 5.10 Å². The number of nitrogens with zero attached hydrogens (tertiary/aromatic N) is 4. The van der Waals surface area contributed by atoms with Crippen molar-refractivity contribution in [1.82, 2.24) is 19.7 Å². The van der Waals surface area contributed by atoms with Gasteiger partial charge in [0.15, 0.2) is 5.82 Å². The molecule has 2 heterocycles. The lowest BCUT2D eigenvalue weighted by atomic mass is 9.96. The number of thiazole rings is 1. The first kappa shape index (κ1) is 19.6. The third-order valence-electron chi connectivity index (χ3n) is 5.72. The maximum Gasteiger partial charge on any atom is 0.163 e. The number of hydrogen-bond acceptors (Lipinski definition) is 4. The van der Waals surface area contributed by atoms with Crippen LogP contribution in [0.3, 0.4) is 0 Å². The zero-order valence-corrected chi connectivity index (χ0v) is 18.8. The molecule has 0 aliphatic carbocycles. The third-order valence-corrected chi connectivity index (χ3v) is 6.65. The molecule has 0 aliphatic rings. The van der Waals surface area contributed by atoms with Gasteiger partial charge in [-0.05, 0) is 36.2 Å². The third kappa shape index (κ3) is 3.52. The quantitative estimate of drug-likeness (QED) is 0.289. The summed E-state index contributed by atoms with van der Waals surface area (Å²) in [4.78, 5) is 9.28. The molecule has 158 valence electrons. The zero-order chi connectivity index (χ0) is 22.2. The normalized spacial score (nSPS) is 11.2. The van der Waals surface area contributed by atoms with E-state index in [9.17, 15) is 0 Å². The van der Waals surface area contributed by atoms with E-state index in [1.165, 1.54) is 0 Å². The first-order valence-electron chi connectivity index (χ1n) is 10.8. The van der Waals surface area contributed by atoms with Gasteiger partial charge in [0.2, 0.25) is 0 Å². The van der Waals surface area contributed by atoms with Crippen LogP contribution in [0.25, 0.3) is 49.5 Å². The minimum Gasteiger partial charge on any atom is -0.242 e. The molecule has 4 nitrogen and oxygen atoms in total. The molecule has 6 rings (SSSR count). The van der Waals surface area contributed by atoms with Gasteiger partial charge >= 0.3 is 0 Å². The Labute approximate surface area is 195 Å². The molecule has 0 radical (unpaired) electrons. The van der Waals surface area contributed by atoms with Gasteiger partial charge in [-0.15, -0.1) is 11.3 Å². The predicted octanol–water partition coefficient (Wildman–Crippen LogP) is 7.19. The van der Waals surface area contributed by atoms with Crippen LogP contribution >= 0.6 is 11.3 Å². The number of hydrogen-bond donors (Lipinski definition) is 0. The second-order valence-electron chi connectivity index (χ2n) is 7.84. The Hall–Kier alpha value is -4.09. The van der Waals surface area contributed by atoms with Crippen molar-refractivity contribution in [2.24, 2.45) is 0 Å². The van der Waals surface area contributed by atoms with Gasteiger partial charge < -0.3 is 0 Å². The molecule has 0 saturated carbocycles. The molecule has 5 heteroatoms. The van der Waals surface area contributed by atoms with Gasteiger partial charge in [0.05, 0.1) is 20.9 Å². The molecule has 0 N–H and O–H groups in total. The first-order chi connectivity index (χ1) is 16.3. The summed E-state index contributed by atoms with van der Waals surface area (Å²) in [6.07, 6.45) is 1.63. The molecule has 4 aromatic carbocycles. The predicted molar refractivity (Wildman–Crippen MR) is 136 cm³/mol. The molecule has 0 bridgehead atoms. The highest BCUT2D eigenvalue weighted by Crippen LogP contribution is 2.37. The summed E-state index contributed by atoms with van der Waals surface area (Å²) in [7, 11) is 0. The van der Waals surface area contributed by atoms with E-state index < -0.39 is 0 Å². The minimum absolute atomic E-state index is 0.809. The van der Waals surface area contributed by atoms with Gasteiger partial charge in [-0.2, -0.15) is 5.10 Å². The van der Waals surface area contributed by atoms with E-state index in [-0.39, 0.29) is 0 Å². The van der Waals surface area contributed by atoms with E-state index in [1.54, 1.807) is 17.7 Å². The summed E-state index contributed by atoms with van der Waals surface area (Å²) in [5.74, 6) is 0.809. The monoisotopic (exact) mass is 444 g/mol. The van der Waals surface area contributed by atoms with Crippen molar-refractivity contribution in [2.45, 2.75) is 6.92 Å². The highest BCUT2D eigenvalue weighted by atomic mass is 32.1. The lowest BCUT2D eigenvalue weighted by molar-refractivity contribution is 0.890. The topological polar surface area (TPSA) is 43.6 Å². The van der Waals surface area contributed by atoms with Crippen molar-refractivity contribution in [3.05, 3.63) is 108 Å². The van der Waals surface area contributed by atoms with Gasteiger partial charge in [-0.3, -0.25) is 0 Å². The maximum atomic E-state index is 4.71. The van der Waals surface area contributed by atoms with E-state index >= 15 is 0 Å². The second kappa shape index (κ2) is 8.11. The van der Waals surface area contributed by atoms with Crippen molar-refractivity contribution in [3.8, 4) is 39.3 Å². The Morgan fingerprint density at radius 3 is 2.03 bits per heavy atom. The number of fused-ring (bicyclic) bond motifs is 1. The Kier molecular flexibility index (Phi) is 4.82. The average molecular weight is 445 g/mol. The Morgan fingerprint density at radius 2 is 1.36 bits per heavy atom. The van der Waals surface area contributed by atoms with Gasteiger partial charge in [0.25, 0.3) is 0 Å². The SMILES string of the molecule is Cc1nc2ccc(-c3ncnn3-c3c(-c4ccccc4)cccc3-c3ccccc3)cc2s1. The molecule has 6 aromatic rings. The second-order valence-corrected chi connectivity index (χ2v) is 9.08. The summed E-state index contributed by atoms with van der Waals surface area (Å²) in [6.45, 7) is 2.04. The Morgan fingerprint density at radius 1 is 0.697 bits per heavy atom. The molecular weight excluding hydrogens is 424 g/mol. The molecule has 33 heavy (non-hydrogen) atoms. The summed E-state index contributed by atoms with van der Waals surface area (Å²) < 4.78 is 3.12. The van der Waals surface area contributed by atoms with Gasteiger partial charge in [0.1, 0.15) is 6.33 Å². The minimum atomic E-state index is 0.809. The highest BCUT2D eigenvalue weighted by Gasteiger charge is 2.19. The van der Waals surface area contributed by atoms with E-state index in [0.29, 0.717) is 0 Å². The fourth-order valence-electron chi connectivity index (χ4n) is 4.25. The fourth-order valence-corrected chi connectivity index (χ4v) is 5.12. The number of benzene rings is 4. The van der Waals surface area contributed by atoms with Crippen molar-refractivity contribution in [1.29, 1.82) is 0 Å².